The summed E-state index contributed by atoms with van der Waals surface area (Å²) in [6.45, 7) is 10.1. The molecule has 114 valence electrons. The molecule has 0 aliphatic heterocycles. The second-order valence-electron chi connectivity index (χ2n) is 4.99. The molecule has 0 radical (unpaired) electrons. The van der Waals surface area contributed by atoms with Crippen LogP contribution in [0.5, 0.6) is 5.75 Å². The number of halogens is 1. The molecular formula is C17H22BrNOS. The lowest BCUT2D eigenvalue weighted by atomic mass is 10.0. The molecule has 1 aromatic carbocycles. The molecule has 1 aromatic heterocycles. The van der Waals surface area contributed by atoms with Crippen LogP contribution < -0.4 is 10.1 Å². The van der Waals surface area contributed by atoms with Crippen molar-refractivity contribution in [2.24, 2.45) is 0 Å². The molecule has 2 aromatic rings. The Labute approximate surface area is 139 Å². The maximum absolute atomic E-state index is 5.56. The minimum absolute atomic E-state index is 0.220. The molecule has 21 heavy (non-hydrogen) atoms. The van der Waals surface area contributed by atoms with Gasteiger partial charge in [0.25, 0.3) is 0 Å². The lowest BCUT2D eigenvalue weighted by Crippen LogP contribution is -2.21. The van der Waals surface area contributed by atoms with Crippen LogP contribution in [0.3, 0.4) is 0 Å². The topological polar surface area (TPSA) is 21.3 Å². The van der Waals surface area contributed by atoms with E-state index in [4.69, 9.17) is 4.74 Å². The van der Waals surface area contributed by atoms with Crippen molar-refractivity contribution in [3.05, 3.63) is 49.6 Å². The van der Waals surface area contributed by atoms with Crippen LogP contribution in [0.4, 0.5) is 0 Å². The zero-order chi connectivity index (χ0) is 15.4. The summed E-state index contributed by atoms with van der Waals surface area (Å²) in [5, 5.41) is 3.59. The molecule has 0 saturated heterocycles. The number of hydrogen-bond acceptors (Lipinski definition) is 3. The summed E-state index contributed by atoms with van der Waals surface area (Å²) >= 11 is 5.56. The number of ether oxygens (including phenoxy) is 1. The molecule has 0 bridgehead atoms. The quantitative estimate of drug-likeness (QED) is 0.754. The van der Waals surface area contributed by atoms with Crippen molar-refractivity contribution in [2.45, 2.75) is 33.7 Å². The van der Waals surface area contributed by atoms with Crippen LogP contribution in [0, 0.1) is 13.8 Å². The average molecular weight is 368 g/mol. The number of hydrogen-bond donors (Lipinski definition) is 1. The fourth-order valence-corrected chi connectivity index (χ4v) is 4.03. The minimum atomic E-state index is 0.220. The van der Waals surface area contributed by atoms with Crippen molar-refractivity contribution in [2.75, 3.05) is 13.2 Å². The molecule has 1 heterocycles. The van der Waals surface area contributed by atoms with Gasteiger partial charge in [-0.2, -0.15) is 0 Å². The van der Waals surface area contributed by atoms with Crippen LogP contribution in [0.25, 0.3) is 0 Å². The van der Waals surface area contributed by atoms with E-state index in [1.54, 1.807) is 0 Å². The average Bonchev–Trinajstić information content (AvgIpc) is 2.77. The summed E-state index contributed by atoms with van der Waals surface area (Å²) in [5.74, 6) is 0.905. The molecule has 0 aliphatic carbocycles. The van der Waals surface area contributed by atoms with E-state index >= 15 is 0 Å². The molecular weight excluding hydrogens is 346 g/mol. The molecule has 0 aliphatic rings. The summed E-state index contributed by atoms with van der Waals surface area (Å²) < 4.78 is 6.65. The second kappa shape index (κ2) is 7.43. The Morgan fingerprint density at radius 3 is 2.52 bits per heavy atom. The van der Waals surface area contributed by atoms with E-state index in [-0.39, 0.29) is 6.04 Å². The molecule has 4 heteroatoms. The van der Waals surface area contributed by atoms with Crippen molar-refractivity contribution < 1.29 is 4.74 Å². The molecule has 1 unspecified atom stereocenters. The third-order valence-electron chi connectivity index (χ3n) is 3.47. The van der Waals surface area contributed by atoms with E-state index in [0.29, 0.717) is 6.61 Å². The Bertz CT molecular complexity index is 589. The zero-order valence-corrected chi connectivity index (χ0v) is 15.4. The summed E-state index contributed by atoms with van der Waals surface area (Å²) in [6, 6.07) is 8.75. The highest BCUT2D eigenvalue weighted by molar-refractivity contribution is 9.10. The van der Waals surface area contributed by atoms with Gasteiger partial charge in [0.05, 0.1) is 12.6 Å². The molecule has 1 N–H and O–H groups in total. The van der Waals surface area contributed by atoms with E-state index in [2.05, 4.69) is 60.2 Å². The smallest absolute Gasteiger partial charge is 0.120 e. The predicted octanol–water partition coefficient (Wildman–Crippen LogP) is 5.23. The standard InChI is InChI=1S/C17H22BrNOS/c1-5-19-17(16-9-11(3)12(4)21-16)14-8-7-13(20-6-2)10-15(14)18/h7-10,17,19H,5-6H2,1-4H3. The Hall–Kier alpha value is -0.840. The lowest BCUT2D eigenvalue weighted by molar-refractivity contribution is 0.340. The number of nitrogens with one attached hydrogen (secondary N) is 1. The SMILES string of the molecule is CCNC(c1cc(C)c(C)s1)c1ccc(OCC)cc1Br. The van der Waals surface area contributed by atoms with Crippen LogP contribution in [0.15, 0.2) is 28.7 Å². The summed E-state index contributed by atoms with van der Waals surface area (Å²) in [5.41, 5.74) is 2.61. The first-order valence-corrected chi connectivity index (χ1v) is 8.90. The molecule has 1 atom stereocenters. The zero-order valence-electron chi connectivity index (χ0n) is 13.0. The highest BCUT2D eigenvalue weighted by atomic mass is 79.9. The van der Waals surface area contributed by atoms with E-state index in [1.165, 1.54) is 20.9 Å². The van der Waals surface area contributed by atoms with Gasteiger partial charge < -0.3 is 10.1 Å². The van der Waals surface area contributed by atoms with Gasteiger partial charge >= 0.3 is 0 Å². The number of rotatable bonds is 6. The maximum atomic E-state index is 5.56. The Kier molecular flexibility index (Phi) is 5.85. The van der Waals surface area contributed by atoms with Crippen molar-refractivity contribution in [1.82, 2.24) is 5.32 Å². The maximum Gasteiger partial charge on any atom is 0.120 e. The van der Waals surface area contributed by atoms with E-state index in [9.17, 15) is 0 Å². The summed E-state index contributed by atoms with van der Waals surface area (Å²) in [4.78, 5) is 2.74. The van der Waals surface area contributed by atoms with Crippen LogP contribution in [0.2, 0.25) is 0 Å². The third-order valence-corrected chi connectivity index (χ3v) is 5.38. The number of thiophene rings is 1. The van der Waals surface area contributed by atoms with E-state index in [0.717, 1.165) is 16.8 Å². The Balaban J connectivity index is 2.38. The highest BCUT2D eigenvalue weighted by Gasteiger charge is 2.19. The first-order valence-electron chi connectivity index (χ1n) is 7.29. The van der Waals surface area contributed by atoms with Gasteiger partial charge in [0.15, 0.2) is 0 Å². The fourth-order valence-electron chi connectivity index (χ4n) is 2.31. The Morgan fingerprint density at radius 1 is 1.24 bits per heavy atom. The monoisotopic (exact) mass is 367 g/mol. The van der Waals surface area contributed by atoms with Gasteiger partial charge in [-0.15, -0.1) is 11.3 Å². The fraction of sp³-hybridized carbons (Fsp3) is 0.412. The molecule has 0 amide bonds. The van der Waals surface area contributed by atoms with Gasteiger partial charge in [-0.25, -0.2) is 0 Å². The van der Waals surface area contributed by atoms with Gasteiger partial charge in [0, 0.05) is 14.2 Å². The molecule has 2 nitrogen and oxygen atoms in total. The highest BCUT2D eigenvalue weighted by Crippen LogP contribution is 2.35. The molecule has 0 saturated carbocycles. The predicted molar refractivity (Wildman–Crippen MR) is 94.6 cm³/mol. The number of aryl methyl sites for hydroxylation is 2. The largest absolute Gasteiger partial charge is 0.494 e. The van der Waals surface area contributed by atoms with Gasteiger partial charge in [-0.3, -0.25) is 0 Å². The molecule has 2 rings (SSSR count). The molecule has 0 fully saturated rings. The van der Waals surface area contributed by atoms with Gasteiger partial charge in [-0.1, -0.05) is 28.9 Å². The van der Waals surface area contributed by atoms with Crippen LogP contribution in [0.1, 0.15) is 40.8 Å². The second-order valence-corrected chi connectivity index (χ2v) is 7.14. The van der Waals surface area contributed by atoms with Crippen molar-refractivity contribution in [3.8, 4) is 5.75 Å². The van der Waals surface area contributed by atoms with Crippen LogP contribution in [-0.4, -0.2) is 13.2 Å². The van der Waals surface area contributed by atoms with Gasteiger partial charge in [-0.05, 0) is 56.6 Å². The van der Waals surface area contributed by atoms with Crippen molar-refractivity contribution in [3.63, 3.8) is 0 Å². The van der Waals surface area contributed by atoms with Crippen LogP contribution in [-0.2, 0) is 0 Å². The van der Waals surface area contributed by atoms with Gasteiger partial charge in [0.2, 0.25) is 0 Å². The van der Waals surface area contributed by atoms with Crippen LogP contribution >= 0.6 is 27.3 Å². The summed E-state index contributed by atoms with van der Waals surface area (Å²) in [6.07, 6.45) is 0. The third kappa shape index (κ3) is 3.87. The summed E-state index contributed by atoms with van der Waals surface area (Å²) in [7, 11) is 0. The van der Waals surface area contributed by atoms with Crippen molar-refractivity contribution >= 4 is 27.3 Å². The normalized spacial score (nSPS) is 12.4. The van der Waals surface area contributed by atoms with Gasteiger partial charge in [0.1, 0.15) is 5.75 Å². The lowest BCUT2D eigenvalue weighted by Gasteiger charge is -2.19. The molecule has 0 spiro atoms. The first-order chi connectivity index (χ1) is 10.1. The van der Waals surface area contributed by atoms with Crippen molar-refractivity contribution in [1.29, 1.82) is 0 Å². The Morgan fingerprint density at radius 2 is 2.00 bits per heavy atom. The van der Waals surface area contributed by atoms with E-state index < -0.39 is 0 Å². The number of benzene rings is 1. The van der Waals surface area contributed by atoms with E-state index in [1.807, 2.05) is 24.3 Å². The first kappa shape index (κ1) is 16.5. The minimum Gasteiger partial charge on any atom is -0.494 e.